The van der Waals surface area contributed by atoms with Crippen molar-refractivity contribution in [1.82, 2.24) is 0 Å². The molecule has 0 spiro atoms. The lowest BCUT2D eigenvalue weighted by atomic mass is 10.1. The Balaban J connectivity index is 4.47. The van der Waals surface area contributed by atoms with E-state index < -0.39 is 6.10 Å². The number of esters is 3. The maximum atomic E-state index is 12.8. The molecule has 0 aliphatic rings. The second-order valence-corrected chi connectivity index (χ2v) is 18.6. The molecule has 0 radical (unpaired) electrons. The molecule has 6 nitrogen and oxygen atoms in total. The third kappa shape index (κ3) is 53.3. The van der Waals surface area contributed by atoms with Crippen LogP contribution in [0, 0.1) is 0 Å². The molecule has 1 atom stereocenters. The van der Waals surface area contributed by atoms with Crippen molar-refractivity contribution in [2.24, 2.45) is 0 Å². The molecule has 0 N–H and O–H groups in total. The van der Waals surface area contributed by atoms with Crippen LogP contribution in [0.3, 0.4) is 0 Å². The van der Waals surface area contributed by atoms with Gasteiger partial charge in [0, 0.05) is 19.3 Å². The summed E-state index contributed by atoms with van der Waals surface area (Å²) in [5.41, 5.74) is 0. The average Bonchev–Trinajstić information content (AvgIpc) is 3.34. The highest BCUT2D eigenvalue weighted by Gasteiger charge is 2.19. The lowest BCUT2D eigenvalue weighted by Gasteiger charge is -2.18. The molecular formula is C62H104O6. The van der Waals surface area contributed by atoms with Gasteiger partial charge < -0.3 is 14.2 Å². The van der Waals surface area contributed by atoms with Crippen LogP contribution in [0.25, 0.3) is 0 Å². The van der Waals surface area contributed by atoms with Crippen molar-refractivity contribution in [3.63, 3.8) is 0 Å². The summed E-state index contributed by atoms with van der Waals surface area (Å²) in [6.07, 6.45) is 74.1. The zero-order valence-electron chi connectivity index (χ0n) is 44.3. The van der Waals surface area contributed by atoms with E-state index in [-0.39, 0.29) is 37.5 Å². The molecule has 0 bridgehead atoms. The molecule has 0 amide bonds. The van der Waals surface area contributed by atoms with Crippen LogP contribution in [0.2, 0.25) is 0 Å². The van der Waals surface area contributed by atoms with Gasteiger partial charge in [-0.15, -0.1) is 0 Å². The molecule has 0 aromatic heterocycles. The van der Waals surface area contributed by atoms with Crippen molar-refractivity contribution in [3.05, 3.63) is 97.2 Å². The van der Waals surface area contributed by atoms with E-state index in [9.17, 15) is 14.4 Å². The first kappa shape index (κ1) is 64.3. The van der Waals surface area contributed by atoms with Crippen molar-refractivity contribution in [2.75, 3.05) is 13.2 Å². The highest BCUT2D eigenvalue weighted by molar-refractivity contribution is 5.71. The van der Waals surface area contributed by atoms with Crippen molar-refractivity contribution in [2.45, 2.75) is 264 Å². The third-order valence-corrected chi connectivity index (χ3v) is 11.9. The molecule has 0 aliphatic heterocycles. The molecule has 0 rings (SSSR count). The van der Waals surface area contributed by atoms with Crippen LogP contribution in [-0.2, 0) is 28.6 Å². The molecule has 0 saturated heterocycles. The van der Waals surface area contributed by atoms with Crippen LogP contribution in [-0.4, -0.2) is 37.2 Å². The van der Waals surface area contributed by atoms with Gasteiger partial charge in [0.25, 0.3) is 0 Å². The van der Waals surface area contributed by atoms with Gasteiger partial charge in [0.2, 0.25) is 0 Å². The number of carbonyl (C=O) groups is 3. The number of allylic oxidation sites excluding steroid dienone is 16. The van der Waals surface area contributed by atoms with Gasteiger partial charge in [-0.1, -0.05) is 253 Å². The Bertz CT molecular complexity index is 1360. The lowest BCUT2D eigenvalue weighted by molar-refractivity contribution is -0.167. The first-order valence-electron chi connectivity index (χ1n) is 28.3. The Morgan fingerprint density at radius 2 is 0.603 bits per heavy atom. The zero-order chi connectivity index (χ0) is 49.3. The van der Waals surface area contributed by atoms with Gasteiger partial charge in [-0.2, -0.15) is 0 Å². The van der Waals surface area contributed by atoms with Crippen molar-refractivity contribution < 1.29 is 28.6 Å². The van der Waals surface area contributed by atoms with Gasteiger partial charge in [-0.25, -0.2) is 0 Å². The molecule has 0 aromatic rings. The SMILES string of the molecule is CC\C=C/C=C\C=C/C=C\C=C/CCCC(=O)OCC(COC(=O)CCCCCCCCC/C=C\CCCCCCCCCC)OC(=O)CCCCCCC/C=C\C=C/CCCCCCCCC. The summed E-state index contributed by atoms with van der Waals surface area (Å²) in [6.45, 7) is 6.42. The molecule has 0 aromatic carbocycles. The molecule has 1 unspecified atom stereocenters. The highest BCUT2D eigenvalue weighted by atomic mass is 16.6. The lowest BCUT2D eigenvalue weighted by Crippen LogP contribution is -2.30. The minimum absolute atomic E-state index is 0.109. The summed E-state index contributed by atoms with van der Waals surface area (Å²) in [5, 5.41) is 0. The summed E-state index contributed by atoms with van der Waals surface area (Å²) in [6, 6.07) is 0. The van der Waals surface area contributed by atoms with Crippen LogP contribution in [0.1, 0.15) is 258 Å². The average molecular weight is 946 g/mol. The summed E-state index contributed by atoms with van der Waals surface area (Å²) in [5.74, 6) is -1.00. The maximum Gasteiger partial charge on any atom is 0.306 e. The van der Waals surface area contributed by atoms with Crippen molar-refractivity contribution in [1.29, 1.82) is 0 Å². The number of ether oxygens (including phenoxy) is 3. The predicted octanol–water partition coefficient (Wildman–Crippen LogP) is 18.9. The van der Waals surface area contributed by atoms with E-state index in [2.05, 4.69) is 63.3 Å². The van der Waals surface area contributed by atoms with E-state index in [1.165, 1.54) is 141 Å². The minimum atomic E-state index is -0.817. The van der Waals surface area contributed by atoms with E-state index >= 15 is 0 Å². The molecule has 6 heteroatoms. The third-order valence-electron chi connectivity index (χ3n) is 11.9. The molecule has 0 fully saturated rings. The molecule has 0 aliphatic carbocycles. The van der Waals surface area contributed by atoms with Crippen LogP contribution < -0.4 is 0 Å². The van der Waals surface area contributed by atoms with Gasteiger partial charge in [0.1, 0.15) is 13.2 Å². The fourth-order valence-electron chi connectivity index (χ4n) is 7.69. The topological polar surface area (TPSA) is 78.9 Å². The molecule has 0 saturated carbocycles. The normalized spacial score (nSPS) is 12.8. The quantitative estimate of drug-likeness (QED) is 0.0199. The Labute approximate surface area is 419 Å². The Hall–Kier alpha value is -3.67. The van der Waals surface area contributed by atoms with Crippen molar-refractivity contribution >= 4 is 17.9 Å². The van der Waals surface area contributed by atoms with E-state index in [1.807, 2.05) is 54.7 Å². The molecule has 388 valence electrons. The monoisotopic (exact) mass is 945 g/mol. The summed E-state index contributed by atoms with van der Waals surface area (Å²) in [4.78, 5) is 38.1. The molecular weight excluding hydrogens is 841 g/mol. The number of unbranched alkanes of at least 4 members (excludes halogenated alkanes) is 28. The Morgan fingerprint density at radius 1 is 0.309 bits per heavy atom. The number of rotatable bonds is 50. The zero-order valence-corrected chi connectivity index (χ0v) is 44.3. The Morgan fingerprint density at radius 3 is 1.01 bits per heavy atom. The predicted molar refractivity (Wildman–Crippen MR) is 293 cm³/mol. The van der Waals surface area contributed by atoms with Gasteiger partial charge in [0.05, 0.1) is 0 Å². The van der Waals surface area contributed by atoms with Crippen LogP contribution in [0.4, 0.5) is 0 Å². The van der Waals surface area contributed by atoms with Crippen LogP contribution >= 0.6 is 0 Å². The number of hydrogen-bond donors (Lipinski definition) is 0. The fourth-order valence-corrected chi connectivity index (χ4v) is 7.69. The van der Waals surface area contributed by atoms with E-state index in [0.717, 1.165) is 70.6 Å². The van der Waals surface area contributed by atoms with E-state index in [1.54, 1.807) is 0 Å². The maximum absolute atomic E-state index is 12.8. The van der Waals surface area contributed by atoms with Gasteiger partial charge in [0.15, 0.2) is 6.10 Å². The number of hydrogen-bond acceptors (Lipinski definition) is 6. The van der Waals surface area contributed by atoms with E-state index in [0.29, 0.717) is 19.3 Å². The van der Waals surface area contributed by atoms with E-state index in [4.69, 9.17) is 14.2 Å². The fraction of sp³-hybridized carbons (Fsp3) is 0.694. The van der Waals surface area contributed by atoms with Gasteiger partial charge in [-0.05, 0) is 83.5 Å². The summed E-state index contributed by atoms with van der Waals surface area (Å²) < 4.78 is 16.8. The summed E-state index contributed by atoms with van der Waals surface area (Å²) >= 11 is 0. The summed E-state index contributed by atoms with van der Waals surface area (Å²) in [7, 11) is 0. The van der Waals surface area contributed by atoms with Crippen LogP contribution in [0.15, 0.2) is 97.2 Å². The minimum Gasteiger partial charge on any atom is -0.462 e. The van der Waals surface area contributed by atoms with Gasteiger partial charge >= 0.3 is 17.9 Å². The number of carbonyl (C=O) groups excluding carboxylic acids is 3. The standard InChI is InChI=1S/C62H104O6/c1-4-7-10-13-16-19-22-25-27-29-31-33-34-37-40-43-46-49-52-55-61(64)67-58-59(57-66-60(63)54-51-48-45-42-39-36-24-21-18-15-12-9-6-3)68-62(65)56-53-50-47-44-41-38-35-32-30-28-26-23-20-17-14-11-8-5-2/h9,12,15,18,21,24,28-32,35-36,39,42,45,59H,4-8,10-11,13-14,16-17,19-20,22-23,25-27,33-34,37-38,40-41,43-44,46-58H2,1-3H3/b12-9-,18-15-,24-21-,30-28-,31-29-,35-32-,39-36-,45-42-. The van der Waals surface area contributed by atoms with Crippen LogP contribution in [0.5, 0.6) is 0 Å². The Kier molecular flexibility index (Phi) is 52.9. The first-order chi connectivity index (χ1) is 33.5. The molecule has 0 heterocycles. The highest BCUT2D eigenvalue weighted by Crippen LogP contribution is 2.14. The second-order valence-electron chi connectivity index (χ2n) is 18.6. The smallest absolute Gasteiger partial charge is 0.306 e. The second kappa shape index (κ2) is 55.9. The van der Waals surface area contributed by atoms with Crippen molar-refractivity contribution in [3.8, 4) is 0 Å². The molecule has 68 heavy (non-hydrogen) atoms. The van der Waals surface area contributed by atoms with Gasteiger partial charge in [-0.3, -0.25) is 14.4 Å². The largest absolute Gasteiger partial charge is 0.462 e. The first-order valence-corrected chi connectivity index (χ1v) is 28.3.